The Morgan fingerprint density at radius 1 is 0.824 bits per heavy atom. The molecule has 0 aromatic rings. The van der Waals surface area contributed by atoms with Crippen molar-refractivity contribution in [3.8, 4) is 0 Å². The van der Waals surface area contributed by atoms with E-state index in [1.165, 1.54) is 50.3 Å². The zero-order chi connectivity index (χ0) is 12.0. The molecule has 0 bridgehead atoms. The van der Waals surface area contributed by atoms with Crippen molar-refractivity contribution < 1.29 is 0 Å². The quantitative estimate of drug-likeness (QED) is 0.357. The van der Waals surface area contributed by atoms with E-state index in [1.54, 1.807) is 38.5 Å². The zero-order valence-corrected chi connectivity index (χ0v) is 12.9. The Morgan fingerprint density at radius 3 is 2.06 bits per heavy atom. The van der Waals surface area contributed by atoms with Crippen molar-refractivity contribution in [1.29, 1.82) is 0 Å². The standard InChI is InChI=1S/C16H29Br/c17-13-7-5-3-1-2-4-6-8-15-9-10-16(14-15)11-12-16/h15H,1-14H2. The number of unbranched alkanes of at least 4 members (excludes halogenated alkanes) is 6. The first-order valence-corrected chi connectivity index (χ1v) is 9.03. The minimum absolute atomic E-state index is 0.903. The molecule has 0 heterocycles. The van der Waals surface area contributed by atoms with E-state index < -0.39 is 0 Å². The lowest BCUT2D eigenvalue weighted by Crippen LogP contribution is -1.96. The van der Waals surface area contributed by atoms with E-state index in [-0.39, 0.29) is 0 Å². The van der Waals surface area contributed by atoms with Crippen molar-refractivity contribution in [2.75, 3.05) is 5.33 Å². The van der Waals surface area contributed by atoms with Crippen LogP contribution in [0.2, 0.25) is 0 Å². The van der Waals surface area contributed by atoms with Crippen molar-refractivity contribution in [3.63, 3.8) is 0 Å². The topological polar surface area (TPSA) is 0 Å². The van der Waals surface area contributed by atoms with Crippen LogP contribution in [0.3, 0.4) is 0 Å². The molecule has 0 amide bonds. The van der Waals surface area contributed by atoms with Gasteiger partial charge in [0.05, 0.1) is 0 Å². The average Bonchev–Trinajstić information content (AvgIpc) is 2.96. The molecule has 0 N–H and O–H groups in total. The number of rotatable bonds is 9. The molecule has 2 saturated carbocycles. The Bertz CT molecular complexity index is 208. The van der Waals surface area contributed by atoms with Crippen LogP contribution in [0.5, 0.6) is 0 Å². The zero-order valence-electron chi connectivity index (χ0n) is 11.4. The predicted octanol–water partition coefficient (Wildman–Crippen LogP) is 6.08. The van der Waals surface area contributed by atoms with Crippen LogP contribution in [0.4, 0.5) is 0 Å². The van der Waals surface area contributed by atoms with Gasteiger partial charge < -0.3 is 0 Å². The molecule has 0 nitrogen and oxygen atoms in total. The van der Waals surface area contributed by atoms with Crippen molar-refractivity contribution in [2.24, 2.45) is 11.3 Å². The molecule has 17 heavy (non-hydrogen) atoms. The lowest BCUT2D eigenvalue weighted by molar-refractivity contribution is 0.431. The van der Waals surface area contributed by atoms with Gasteiger partial charge in [-0.25, -0.2) is 0 Å². The molecule has 1 atom stereocenters. The summed E-state index contributed by atoms with van der Waals surface area (Å²) < 4.78 is 0. The van der Waals surface area contributed by atoms with Crippen molar-refractivity contribution in [3.05, 3.63) is 0 Å². The molecule has 0 aromatic carbocycles. The Hall–Kier alpha value is 0.480. The van der Waals surface area contributed by atoms with Gasteiger partial charge in [0, 0.05) is 5.33 Å². The summed E-state index contributed by atoms with van der Waals surface area (Å²) in [5, 5.41) is 1.19. The van der Waals surface area contributed by atoms with Gasteiger partial charge in [0.15, 0.2) is 0 Å². The van der Waals surface area contributed by atoms with Crippen LogP contribution >= 0.6 is 15.9 Å². The molecule has 2 rings (SSSR count). The Balaban J connectivity index is 1.37. The lowest BCUT2D eigenvalue weighted by atomic mass is 9.97. The molecule has 1 heteroatoms. The van der Waals surface area contributed by atoms with Gasteiger partial charge in [-0.3, -0.25) is 0 Å². The first-order chi connectivity index (χ1) is 8.35. The van der Waals surface area contributed by atoms with E-state index in [0.717, 1.165) is 11.3 Å². The van der Waals surface area contributed by atoms with Crippen LogP contribution in [-0.4, -0.2) is 5.33 Å². The molecule has 0 saturated heterocycles. The van der Waals surface area contributed by atoms with Crippen molar-refractivity contribution in [2.45, 2.75) is 83.5 Å². The van der Waals surface area contributed by atoms with E-state index >= 15 is 0 Å². The first-order valence-electron chi connectivity index (χ1n) is 7.91. The third kappa shape index (κ3) is 4.93. The fourth-order valence-corrected chi connectivity index (χ4v) is 4.01. The van der Waals surface area contributed by atoms with Crippen LogP contribution in [0.1, 0.15) is 83.5 Å². The van der Waals surface area contributed by atoms with E-state index in [1.807, 2.05) is 0 Å². The third-order valence-corrected chi connectivity index (χ3v) is 5.57. The van der Waals surface area contributed by atoms with E-state index in [2.05, 4.69) is 15.9 Å². The lowest BCUT2D eigenvalue weighted by Gasteiger charge is -2.09. The first kappa shape index (κ1) is 13.9. The summed E-state index contributed by atoms with van der Waals surface area (Å²) in [6.07, 6.45) is 19.6. The molecule has 100 valence electrons. The average molecular weight is 301 g/mol. The van der Waals surface area contributed by atoms with Crippen LogP contribution < -0.4 is 0 Å². The second-order valence-corrected chi connectivity index (χ2v) is 7.35. The fourth-order valence-electron chi connectivity index (χ4n) is 3.62. The summed E-state index contributed by atoms with van der Waals surface area (Å²) in [7, 11) is 0. The second kappa shape index (κ2) is 7.16. The monoisotopic (exact) mass is 300 g/mol. The highest BCUT2D eigenvalue weighted by Crippen LogP contribution is 2.60. The maximum atomic E-state index is 3.50. The molecule has 0 radical (unpaired) electrons. The maximum absolute atomic E-state index is 3.50. The largest absolute Gasteiger partial charge is 0.0928 e. The molecule has 2 aliphatic carbocycles. The van der Waals surface area contributed by atoms with E-state index in [0.29, 0.717) is 0 Å². The Kier molecular flexibility index (Phi) is 5.86. The van der Waals surface area contributed by atoms with Crippen LogP contribution in [0.15, 0.2) is 0 Å². The summed E-state index contributed by atoms with van der Waals surface area (Å²) >= 11 is 3.50. The molecule has 2 aliphatic rings. The van der Waals surface area contributed by atoms with Crippen molar-refractivity contribution in [1.82, 2.24) is 0 Å². The predicted molar refractivity (Wildman–Crippen MR) is 79.7 cm³/mol. The SMILES string of the molecule is BrCCCCCCCCCC1CCC2(CC2)C1. The van der Waals surface area contributed by atoms with Crippen LogP contribution in [-0.2, 0) is 0 Å². The summed E-state index contributed by atoms with van der Waals surface area (Å²) in [5.74, 6) is 1.12. The van der Waals surface area contributed by atoms with Gasteiger partial charge in [-0.05, 0) is 49.9 Å². The third-order valence-electron chi connectivity index (χ3n) is 5.01. The van der Waals surface area contributed by atoms with Gasteiger partial charge in [0.2, 0.25) is 0 Å². The van der Waals surface area contributed by atoms with Gasteiger partial charge in [0.25, 0.3) is 0 Å². The van der Waals surface area contributed by atoms with Gasteiger partial charge in [-0.15, -0.1) is 0 Å². The highest BCUT2D eigenvalue weighted by atomic mass is 79.9. The molecule has 0 aliphatic heterocycles. The van der Waals surface area contributed by atoms with Gasteiger partial charge in [-0.1, -0.05) is 60.9 Å². The molecule has 1 spiro atoms. The molecule has 0 aromatic heterocycles. The van der Waals surface area contributed by atoms with Crippen molar-refractivity contribution >= 4 is 15.9 Å². The van der Waals surface area contributed by atoms with Gasteiger partial charge in [-0.2, -0.15) is 0 Å². The van der Waals surface area contributed by atoms with Crippen LogP contribution in [0.25, 0.3) is 0 Å². The summed E-state index contributed by atoms with van der Waals surface area (Å²) in [6.45, 7) is 0. The minimum Gasteiger partial charge on any atom is -0.0928 e. The summed E-state index contributed by atoms with van der Waals surface area (Å²) in [4.78, 5) is 0. The number of alkyl halides is 1. The second-order valence-electron chi connectivity index (χ2n) is 6.56. The van der Waals surface area contributed by atoms with Gasteiger partial charge >= 0.3 is 0 Å². The molecule has 1 unspecified atom stereocenters. The van der Waals surface area contributed by atoms with E-state index in [4.69, 9.17) is 0 Å². The fraction of sp³-hybridized carbons (Fsp3) is 1.00. The molecular weight excluding hydrogens is 272 g/mol. The summed E-state index contributed by atoms with van der Waals surface area (Å²) in [6, 6.07) is 0. The molecular formula is C16H29Br. The Labute approximate surface area is 116 Å². The highest BCUT2D eigenvalue weighted by molar-refractivity contribution is 9.09. The number of hydrogen-bond acceptors (Lipinski definition) is 0. The minimum atomic E-state index is 0.903. The highest BCUT2D eigenvalue weighted by Gasteiger charge is 2.47. The summed E-state index contributed by atoms with van der Waals surface area (Å²) in [5.41, 5.74) is 0.903. The van der Waals surface area contributed by atoms with Gasteiger partial charge in [0.1, 0.15) is 0 Å². The molecule has 2 fully saturated rings. The Morgan fingerprint density at radius 2 is 1.47 bits per heavy atom. The van der Waals surface area contributed by atoms with E-state index in [9.17, 15) is 0 Å². The van der Waals surface area contributed by atoms with Crippen LogP contribution in [0, 0.1) is 11.3 Å². The maximum Gasteiger partial charge on any atom is 0.00313 e. The smallest absolute Gasteiger partial charge is 0.00313 e. The normalized spacial score (nSPS) is 25.6. The number of halogens is 1. The number of hydrogen-bond donors (Lipinski definition) is 0.